The van der Waals surface area contributed by atoms with Crippen molar-refractivity contribution in [3.8, 4) is 5.75 Å². The van der Waals surface area contributed by atoms with Gasteiger partial charge in [0.15, 0.2) is 0 Å². The van der Waals surface area contributed by atoms with Crippen molar-refractivity contribution < 1.29 is 19.0 Å². The van der Waals surface area contributed by atoms with Crippen LogP contribution in [0.3, 0.4) is 0 Å². The Morgan fingerprint density at radius 1 is 1.48 bits per heavy atom. The van der Waals surface area contributed by atoms with Gasteiger partial charge in [-0.05, 0) is 31.0 Å². The fourth-order valence-corrected chi connectivity index (χ4v) is 2.50. The highest BCUT2D eigenvalue weighted by Crippen LogP contribution is 2.18. The van der Waals surface area contributed by atoms with Gasteiger partial charge in [-0.3, -0.25) is 4.79 Å². The van der Waals surface area contributed by atoms with E-state index in [0.29, 0.717) is 25.2 Å². The first-order chi connectivity index (χ1) is 10.1. The Morgan fingerprint density at radius 3 is 2.86 bits per heavy atom. The monoisotopic (exact) mass is 296 g/mol. The van der Waals surface area contributed by atoms with E-state index in [2.05, 4.69) is 5.32 Å². The molecule has 21 heavy (non-hydrogen) atoms. The van der Waals surface area contributed by atoms with Crippen LogP contribution in [0.25, 0.3) is 0 Å². The maximum atomic E-state index is 13.1. The van der Waals surface area contributed by atoms with Gasteiger partial charge in [0.05, 0.1) is 0 Å². The summed E-state index contributed by atoms with van der Waals surface area (Å²) in [4.78, 5) is 13.5. The van der Waals surface area contributed by atoms with Gasteiger partial charge in [-0.15, -0.1) is 0 Å². The molecule has 1 aromatic rings. The summed E-state index contributed by atoms with van der Waals surface area (Å²) in [5.41, 5.74) is 0.549. The molecule has 6 heteroatoms. The van der Waals surface area contributed by atoms with Gasteiger partial charge in [0, 0.05) is 38.3 Å². The van der Waals surface area contributed by atoms with Gasteiger partial charge in [-0.25, -0.2) is 4.39 Å². The molecule has 0 aliphatic carbocycles. The summed E-state index contributed by atoms with van der Waals surface area (Å²) in [6.45, 7) is 1.92. The maximum absolute atomic E-state index is 13.1. The molecule has 0 spiro atoms. The van der Waals surface area contributed by atoms with Crippen molar-refractivity contribution in [1.82, 2.24) is 10.2 Å². The molecule has 116 valence electrons. The van der Waals surface area contributed by atoms with E-state index in [0.717, 1.165) is 12.8 Å². The van der Waals surface area contributed by atoms with Crippen LogP contribution in [0.4, 0.5) is 4.39 Å². The predicted molar refractivity (Wildman–Crippen MR) is 76.4 cm³/mol. The molecule has 0 radical (unpaired) electrons. The van der Waals surface area contributed by atoms with E-state index in [1.807, 2.05) is 0 Å². The number of carbonyl (C=O) groups excluding carboxylic acids is 1. The first kappa shape index (κ1) is 15.7. The second-order valence-corrected chi connectivity index (χ2v) is 5.24. The summed E-state index contributed by atoms with van der Waals surface area (Å²) in [6, 6.07) is 4.19. The smallest absolute Gasteiger partial charge is 0.248 e. The third-order valence-electron chi connectivity index (χ3n) is 3.74. The van der Waals surface area contributed by atoms with Gasteiger partial charge >= 0.3 is 0 Å². The number of nitrogens with one attached hydrogen (secondary N) is 1. The second kappa shape index (κ2) is 7.38. The third-order valence-corrected chi connectivity index (χ3v) is 3.74. The number of benzene rings is 1. The number of carbonyl (C=O) groups is 1. The molecule has 1 aliphatic rings. The number of halogens is 1. The number of phenolic OH excluding ortho intramolecular Hbond substituents is 1. The molecular weight excluding hydrogens is 275 g/mol. The van der Waals surface area contributed by atoms with E-state index in [9.17, 15) is 14.3 Å². The first-order valence-corrected chi connectivity index (χ1v) is 7.07. The average Bonchev–Trinajstić information content (AvgIpc) is 2.49. The van der Waals surface area contributed by atoms with Crippen LogP contribution in [0.2, 0.25) is 0 Å². The van der Waals surface area contributed by atoms with Gasteiger partial charge in [-0.1, -0.05) is 0 Å². The van der Waals surface area contributed by atoms with E-state index in [1.165, 1.54) is 25.3 Å². The normalized spacial score (nSPS) is 16.2. The fourth-order valence-electron chi connectivity index (χ4n) is 2.50. The lowest BCUT2D eigenvalue weighted by molar-refractivity contribution is -0.136. The lowest BCUT2D eigenvalue weighted by Crippen LogP contribution is -2.45. The van der Waals surface area contributed by atoms with Crippen LogP contribution in [-0.2, 0) is 16.1 Å². The van der Waals surface area contributed by atoms with Crippen molar-refractivity contribution in [2.75, 3.05) is 26.8 Å². The van der Waals surface area contributed by atoms with Crippen molar-refractivity contribution in [1.29, 1.82) is 0 Å². The number of aromatic hydroxyl groups is 1. The van der Waals surface area contributed by atoms with E-state index in [-0.39, 0.29) is 30.1 Å². The van der Waals surface area contributed by atoms with Gasteiger partial charge in [0.1, 0.15) is 18.2 Å². The average molecular weight is 296 g/mol. The quantitative estimate of drug-likeness (QED) is 0.859. The number of ether oxygens (including phenoxy) is 1. The van der Waals surface area contributed by atoms with Gasteiger partial charge in [-0.2, -0.15) is 0 Å². The zero-order valence-corrected chi connectivity index (χ0v) is 12.1. The molecule has 0 aromatic heterocycles. The van der Waals surface area contributed by atoms with Crippen LogP contribution in [-0.4, -0.2) is 48.8 Å². The van der Waals surface area contributed by atoms with Crippen molar-refractivity contribution in [2.45, 2.75) is 25.4 Å². The summed E-state index contributed by atoms with van der Waals surface area (Å²) < 4.78 is 18.0. The molecule has 2 N–H and O–H groups in total. The van der Waals surface area contributed by atoms with Crippen molar-refractivity contribution in [3.63, 3.8) is 0 Å². The number of hydrogen-bond acceptors (Lipinski definition) is 4. The standard InChI is InChI=1S/C15H21FN2O3/c1-21-10-15(20)18-6-4-13(5-7-18)17-9-11-8-12(16)2-3-14(11)19/h2-3,8,13,17,19H,4-7,9-10H2,1H3. The highest BCUT2D eigenvalue weighted by Gasteiger charge is 2.22. The molecule has 1 saturated heterocycles. The Hall–Kier alpha value is -1.66. The number of methoxy groups -OCH3 is 1. The van der Waals surface area contributed by atoms with Gasteiger partial charge in [0.25, 0.3) is 0 Å². The number of amides is 1. The molecule has 1 fully saturated rings. The Bertz CT molecular complexity index is 488. The molecule has 1 aliphatic heterocycles. The predicted octanol–water partition coefficient (Wildman–Crippen LogP) is 1.26. The number of likely N-dealkylation sites (tertiary alicyclic amines) is 1. The van der Waals surface area contributed by atoms with Crippen molar-refractivity contribution in [2.24, 2.45) is 0 Å². The minimum absolute atomic E-state index is 0.0127. The Labute approximate surface area is 123 Å². The maximum Gasteiger partial charge on any atom is 0.248 e. The van der Waals surface area contributed by atoms with Crippen LogP contribution in [0, 0.1) is 5.82 Å². The Balaban J connectivity index is 1.79. The fraction of sp³-hybridized carbons (Fsp3) is 0.533. The number of phenols is 1. The van der Waals surface area contributed by atoms with Crippen molar-refractivity contribution >= 4 is 5.91 Å². The molecule has 1 heterocycles. The SMILES string of the molecule is COCC(=O)N1CCC(NCc2cc(F)ccc2O)CC1. The molecule has 0 atom stereocenters. The molecule has 1 aromatic carbocycles. The summed E-state index contributed by atoms with van der Waals surface area (Å²) in [6.07, 6.45) is 1.68. The molecule has 0 unspecified atom stereocenters. The lowest BCUT2D eigenvalue weighted by atomic mass is 10.0. The molecule has 2 rings (SSSR count). The first-order valence-electron chi connectivity index (χ1n) is 7.07. The zero-order valence-electron chi connectivity index (χ0n) is 12.1. The minimum atomic E-state index is -0.357. The lowest BCUT2D eigenvalue weighted by Gasteiger charge is -2.32. The second-order valence-electron chi connectivity index (χ2n) is 5.24. The van der Waals surface area contributed by atoms with E-state index < -0.39 is 0 Å². The number of hydrogen-bond donors (Lipinski definition) is 2. The van der Waals surface area contributed by atoms with Crippen LogP contribution >= 0.6 is 0 Å². The summed E-state index contributed by atoms with van der Waals surface area (Å²) in [5, 5.41) is 13.0. The highest BCUT2D eigenvalue weighted by atomic mass is 19.1. The van der Waals surface area contributed by atoms with E-state index in [4.69, 9.17) is 4.74 Å². The zero-order chi connectivity index (χ0) is 15.2. The van der Waals surface area contributed by atoms with E-state index >= 15 is 0 Å². The largest absolute Gasteiger partial charge is 0.508 e. The summed E-state index contributed by atoms with van der Waals surface area (Å²) in [5.74, 6) is -0.250. The van der Waals surface area contributed by atoms with Crippen molar-refractivity contribution in [3.05, 3.63) is 29.6 Å². The number of rotatable bonds is 5. The van der Waals surface area contributed by atoms with Gasteiger partial charge in [0.2, 0.25) is 5.91 Å². The summed E-state index contributed by atoms with van der Waals surface area (Å²) in [7, 11) is 1.51. The number of piperidine rings is 1. The van der Waals surface area contributed by atoms with Crippen LogP contribution < -0.4 is 5.32 Å². The Morgan fingerprint density at radius 2 is 2.19 bits per heavy atom. The van der Waals surface area contributed by atoms with Crippen LogP contribution in [0.15, 0.2) is 18.2 Å². The highest BCUT2D eigenvalue weighted by molar-refractivity contribution is 5.77. The molecule has 5 nitrogen and oxygen atoms in total. The van der Waals surface area contributed by atoms with Gasteiger partial charge < -0.3 is 20.1 Å². The van der Waals surface area contributed by atoms with Crippen LogP contribution in [0.5, 0.6) is 5.75 Å². The Kier molecular flexibility index (Phi) is 5.52. The number of nitrogens with zero attached hydrogens (tertiary/aromatic N) is 1. The minimum Gasteiger partial charge on any atom is -0.508 e. The van der Waals surface area contributed by atoms with E-state index in [1.54, 1.807) is 4.90 Å². The molecule has 0 bridgehead atoms. The third kappa shape index (κ3) is 4.41. The van der Waals surface area contributed by atoms with Crippen LogP contribution in [0.1, 0.15) is 18.4 Å². The molecule has 1 amide bonds. The topological polar surface area (TPSA) is 61.8 Å². The molecular formula is C15H21FN2O3. The molecule has 0 saturated carbocycles. The summed E-state index contributed by atoms with van der Waals surface area (Å²) >= 11 is 0.